The van der Waals surface area contributed by atoms with E-state index in [4.69, 9.17) is 11.3 Å². The number of hydrogen-bond donors (Lipinski definition) is 0. The van der Waals surface area contributed by atoms with E-state index in [1.807, 2.05) is 0 Å². The molecular weight excluding hydrogens is 313 g/mol. The van der Waals surface area contributed by atoms with Crippen LogP contribution in [0.2, 0.25) is 0 Å². The van der Waals surface area contributed by atoms with Crippen LogP contribution in [0.1, 0.15) is 12.8 Å². The first-order valence-corrected chi connectivity index (χ1v) is 10.7. The third-order valence-electron chi connectivity index (χ3n) is 3.70. The van der Waals surface area contributed by atoms with Crippen LogP contribution in [-0.4, -0.2) is 80.7 Å². The molecule has 0 unspecified atom stereocenters. The molecule has 8 heteroatoms. The fraction of sp³-hybridized carbons (Fsp3) is 0.818. The molecule has 0 aliphatic carbocycles. The van der Waals surface area contributed by atoms with Crippen LogP contribution in [0, 0.1) is 0 Å². The monoisotopic (exact) mass is 332 g/mol. The molecular formula is C11H18GeN2O5. The third kappa shape index (κ3) is 2.85. The van der Waals surface area contributed by atoms with Crippen LogP contribution in [0.25, 0.3) is 0 Å². The fourth-order valence-electron chi connectivity index (χ4n) is 2.58. The van der Waals surface area contributed by atoms with Gasteiger partial charge in [-0.05, 0) is 0 Å². The average Bonchev–Trinajstić information content (AvgIpc) is 2.61. The molecule has 0 atom stereocenters. The topological polar surface area (TPSA) is 68.3 Å². The van der Waals surface area contributed by atoms with Crippen molar-refractivity contribution in [2.45, 2.75) is 12.8 Å². The molecule has 0 aromatic carbocycles. The summed E-state index contributed by atoms with van der Waals surface area (Å²) < 4.78 is 17.6. The van der Waals surface area contributed by atoms with Gasteiger partial charge < -0.3 is 0 Å². The van der Waals surface area contributed by atoms with Gasteiger partial charge in [-0.25, -0.2) is 0 Å². The Hall–Kier alpha value is -0.477. The van der Waals surface area contributed by atoms with Crippen molar-refractivity contribution in [2.24, 2.45) is 0 Å². The van der Waals surface area contributed by atoms with Gasteiger partial charge in [-0.1, -0.05) is 0 Å². The predicted molar refractivity (Wildman–Crippen MR) is 66.0 cm³/mol. The number of imide groups is 1. The Kier molecular flexibility index (Phi) is 3.90. The first-order valence-electron chi connectivity index (χ1n) is 6.66. The van der Waals surface area contributed by atoms with Gasteiger partial charge in [-0.3, -0.25) is 0 Å². The van der Waals surface area contributed by atoms with Gasteiger partial charge in [-0.15, -0.1) is 0 Å². The summed E-state index contributed by atoms with van der Waals surface area (Å²) in [6.45, 7) is 4.24. The van der Waals surface area contributed by atoms with E-state index >= 15 is 0 Å². The Bertz CT molecular complexity index is 349. The molecule has 4 fully saturated rings. The van der Waals surface area contributed by atoms with Crippen LogP contribution in [0.4, 0.5) is 0 Å². The normalized spacial score (nSPS) is 36.2. The third-order valence-corrected chi connectivity index (χ3v) is 9.22. The molecule has 0 aromatic rings. The van der Waals surface area contributed by atoms with Gasteiger partial charge in [-0.2, -0.15) is 0 Å². The van der Waals surface area contributed by atoms with E-state index < -0.39 is 14.3 Å². The molecule has 4 heterocycles. The summed E-state index contributed by atoms with van der Waals surface area (Å²) in [6.07, 6.45) is 0.593. The van der Waals surface area contributed by atoms with Crippen LogP contribution in [-0.2, 0) is 20.9 Å². The van der Waals surface area contributed by atoms with Crippen LogP contribution >= 0.6 is 0 Å². The van der Waals surface area contributed by atoms with Crippen LogP contribution in [0.3, 0.4) is 0 Å². The molecule has 0 N–H and O–H groups in total. The maximum absolute atomic E-state index is 11.7. The minimum atomic E-state index is -3.49. The number of fused-ring (bicyclic) bond motifs is 6. The first kappa shape index (κ1) is 13.5. The van der Waals surface area contributed by atoms with Crippen molar-refractivity contribution >= 4 is 26.1 Å². The van der Waals surface area contributed by atoms with E-state index in [-0.39, 0.29) is 17.2 Å². The molecule has 4 aliphatic rings. The standard InChI is InChI=1S/C11H18GeN2O5/c15-10-1-2-11(16)14(10)9-12-17-6-3-13(4-7-18-12)5-8-19-12/h1-9H2. The van der Waals surface area contributed by atoms with E-state index in [9.17, 15) is 9.59 Å². The number of amides is 2. The van der Waals surface area contributed by atoms with Gasteiger partial charge in [0, 0.05) is 0 Å². The SMILES string of the molecule is O=C1CCC(=O)N1[CH2][Ge]12[O]CCN(CC[O]1)CC[O]2. The molecule has 0 saturated carbocycles. The van der Waals surface area contributed by atoms with Crippen LogP contribution in [0.15, 0.2) is 0 Å². The number of nitrogens with zero attached hydrogens (tertiary/aromatic N) is 2. The molecule has 0 spiro atoms. The molecule has 0 aromatic heterocycles. The Morgan fingerprint density at radius 1 is 0.895 bits per heavy atom. The van der Waals surface area contributed by atoms with Crippen molar-refractivity contribution in [2.75, 3.05) is 44.8 Å². The van der Waals surface area contributed by atoms with E-state index in [2.05, 4.69) is 4.90 Å². The number of carbonyl (C=O) groups excluding carboxylic acids is 2. The number of carbonyl (C=O) groups is 2. The van der Waals surface area contributed by atoms with E-state index in [1.165, 1.54) is 4.90 Å². The van der Waals surface area contributed by atoms with Gasteiger partial charge in [0.25, 0.3) is 0 Å². The van der Waals surface area contributed by atoms with Crippen molar-refractivity contribution in [1.82, 2.24) is 9.80 Å². The zero-order valence-corrected chi connectivity index (χ0v) is 12.9. The van der Waals surface area contributed by atoms with Gasteiger partial charge in [0.1, 0.15) is 0 Å². The van der Waals surface area contributed by atoms with Gasteiger partial charge in [0.05, 0.1) is 0 Å². The van der Waals surface area contributed by atoms with Crippen molar-refractivity contribution in [3.8, 4) is 0 Å². The van der Waals surface area contributed by atoms with E-state index in [1.54, 1.807) is 0 Å². The summed E-state index contributed by atoms with van der Waals surface area (Å²) in [5.41, 5.74) is 0. The van der Waals surface area contributed by atoms with Crippen LogP contribution < -0.4 is 0 Å². The van der Waals surface area contributed by atoms with Crippen LogP contribution in [0.5, 0.6) is 0 Å². The second kappa shape index (κ2) is 5.49. The second-order valence-electron chi connectivity index (χ2n) is 4.94. The molecule has 106 valence electrons. The quantitative estimate of drug-likeness (QED) is 0.477. The Balaban J connectivity index is 1.75. The molecule has 0 radical (unpaired) electrons. The molecule has 2 amide bonds. The number of hydrogen-bond acceptors (Lipinski definition) is 6. The first-order chi connectivity index (χ1) is 9.19. The van der Waals surface area contributed by atoms with Gasteiger partial charge in [0.2, 0.25) is 0 Å². The summed E-state index contributed by atoms with van der Waals surface area (Å²) in [7, 11) is 0. The summed E-state index contributed by atoms with van der Waals surface area (Å²) in [4.78, 5) is 27.0. The van der Waals surface area contributed by atoms with Crippen molar-refractivity contribution in [3.63, 3.8) is 0 Å². The Morgan fingerprint density at radius 3 is 1.84 bits per heavy atom. The average molecular weight is 331 g/mol. The Morgan fingerprint density at radius 2 is 1.37 bits per heavy atom. The fourth-order valence-corrected chi connectivity index (χ4v) is 7.76. The minimum absolute atomic E-state index is 0.133. The van der Waals surface area contributed by atoms with Crippen molar-refractivity contribution < 1.29 is 20.9 Å². The summed E-state index contributed by atoms with van der Waals surface area (Å²) in [6, 6.07) is 0. The number of likely N-dealkylation sites (tertiary alicyclic amines) is 1. The molecule has 19 heavy (non-hydrogen) atoms. The van der Waals surface area contributed by atoms with E-state index in [0.717, 1.165) is 19.6 Å². The molecule has 4 aliphatic heterocycles. The molecule has 7 nitrogen and oxygen atoms in total. The summed E-state index contributed by atoms with van der Waals surface area (Å²) >= 11 is -3.49. The van der Waals surface area contributed by atoms with Gasteiger partial charge in [0.15, 0.2) is 0 Å². The van der Waals surface area contributed by atoms with Crippen molar-refractivity contribution in [1.29, 1.82) is 0 Å². The summed E-state index contributed by atoms with van der Waals surface area (Å²) in [5, 5.41) is 0.220. The Labute approximate surface area is 115 Å². The zero-order valence-electron chi connectivity index (χ0n) is 10.8. The maximum atomic E-state index is 11.7. The summed E-state index contributed by atoms with van der Waals surface area (Å²) in [5.74, 6) is -0.266. The second-order valence-corrected chi connectivity index (χ2v) is 10.3. The van der Waals surface area contributed by atoms with E-state index in [0.29, 0.717) is 32.7 Å². The molecule has 4 saturated heterocycles. The van der Waals surface area contributed by atoms with Gasteiger partial charge >= 0.3 is 114 Å². The zero-order chi connectivity index (χ0) is 13.3. The molecule has 2 bridgehead atoms. The number of rotatable bonds is 2. The predicted octanol–water partition coefficient (Wildman–Crippen LogP) is -1.01. The molecule has 4 rings (SSSR count). The van der Waals surface area contributed by atoms with Crippen molar-refractivity contribution in [3.05, 3.63) is 0 Å².